The summed E-state index contributed by atoms with van der Waals surface area (Å²) in [6.07, 6.45) is 0. The van der Waals surface area contributed by atoms with Gasteiger partial charge in [0.25, 0.3) is 0 Å². The Hall–Kier alpha value is -2.18. The Bertz CT molecular complexity index is 573. The number of nitrogens with zero attached hydrogens (tertiary/aromatic N) is 2. The largest absolute Gasteiger partial charge is 0.382 e. The number of nitrogen functional groups attached to an aromatic ring is 2. The van der Waals surface area contributed by atoms with Gasteiger partial charge in [-0.3, -0.25) is 10.8 Å². The molecule has 2 rings (SSSR count). The van der Waals surface area contributed by atoms with Crippen LogP contribution in [0.15, 0.2) is 36.4 Å². The molecule has 0 atom stereocenters. The molecule has 0 amide bonds. The van der Waals surface area contributed by atoms with Crippen molar-refractivity contribution in [1.82, 2.24) is 9.97 Å². The second-order valence-electron chi connectivity index (χ2n) is 3.64. The summed E-state index contributed by atoms with van der Waals surface area (Å²) in [5.74, 6) is -0.195. The molecule has 0 spiro atoms. The van der Waals surface area contributed by atoms with Crippen LogP contribution in [0.1, 0.15) is 11.4 Å². The summed E-state index contributed by atoms with van der Waals surface area (Å²) in [6.45, 7) is 0. The molecule has 8 heteroatoms. The van der Waals surface area contributed by atoms with E-state index in [4.69, 9.17) is 22.3 Å². The normalized spacial score (nSPS) is 9.00. The third-order valence-corrected chi connectivity index (χ3v) is 2.31. The van der Waals surface area contributed by atoms with Crippen LogP contribution in [0.4, 0.5) is 0 Å². The molecule has 0 aliphatic carbocycles. The molecular weight excluding hydrogens is 299 g/mol. The van der Waals surface area contributed by atoms with Crippen molar-refractivity contribution in [3.63, 3.8) is 0 Å². The second kappa shape index (κ2) is 7.42. The molecule has 2 heterocycles. The summed E-state index contributed by atoms with van der Waals surface area (Å²) in [5.41, 5.74) is 12.7. The first-order valence-electron chi connectivity index (χ1n) is 5.21. The van der Waals surface area contributed by atoms with E-state index in [0.717, 1.165) is 0 Å². The topological polar surface area (TPSA) is 126 Å². The van der Waals surface area contributed by atoms with Crippen molar-refractivity contribution < 1.29 is 0 Å². The zero-order valence-electron chi connectivity index (χ0n) is 10.3. The molecule has 2 aromatic rings. The first-order valence-corrected chi connectivity index (χ1v) is 5.21. The maximum absolute atomic E-state index is 7.35. The van der Waals surface area contributed by atoms with Gasteiger partial charge in [-0.15, -0.1) is 24.8 Å². The number of pyridine rings is 2. The van der Waals surface area contributed by atoms with Gasteiger partial charge in [0.15, 0.2) is 0 Å². The van der Waals surface area contributed by atoms with Crippen molar-refractivity contribution in [1.29, 1.82) is 10.8 Å². The fourth-order valence-corrected chi connectivity index (χ4v) is 1.45. The molecule has 0 aromatic carbocycles. The van der Waals surface area contributed by atoms with Gasteiger partial charge in [-0.1, -0.05) is 12.1 Å². The van der Waals surface area contributed by atoms with Crippen molar-refractivity contribution in [3.8, 4) is 11.4 Å². The lowest BCUT2D eigenvalue weighted by molar-refractivity contribution is 1.20. The van der Waals surface area contributed by atoms with Gasteiger partial charge in [-0.05, 0) is 24.3 Å². The predicted octanol–water partition coefficient (Wildman–Crippen LogP) is 1.56. The molecule has 0 radical (unpaired) electrons. The first kappa shape index (κ1) is 17.8. The Balaban J connectivity index is 0.00000180. The number of hydrogen-bond donors (Lipinski definition) is 4. The van der Waals surface area contributed by atoms with E-state index < -0.39 is 0 Å². The third kappa shape index (κ3) is 3.91. The molecule has 6 nitrogen and oxygen atoms in total. The van der Waals surface area contributed by atoms with Crippen LogP contribution in [0.3, 0.4) is 0 Å². The second-order valence-corrected chi connectivity index (χ2v) is 3.64. The lowest BCUT2D eigenvalue weighted by Crippen LogP contribution is -2.14. The number of rotatable bonds is 3. The molecule has 2 aromatic heterocycles. The lowest BCUT2D eigenvalue weighted by atomic mass is 10.2. The minimum Gasteiger partial charge on any atom is -0.382 e. The van der Waals surface area contributed by atoms with Crippen LogP contribution in [-0.2, 0) is 0 Å². The third-order valence-electron chi connectivity index (χ3n) is 2.31. The number of hydrogen-bond acceptors (Lipinski definition) is 4. The average Bonchev–Trinajstić information content (AvgIpc) is 2.39. The molecule has 0 aliphatic rings. The Labute approximate surface area is 128 Å². The van der Waals surface area contributed by atoms with Crippen LogP contribution in [0.2, 0.25) is 0 Å². The summed E-state index contributed by atoms with van der Waals surface area (Å²) >= 11 is 0. The molecular formula is C12H14Cl2N6. The van der Waals surface area contributed by atoms with Gasteiger partial charge >= 0.3 is 0 Å². The first-order chi connectivity index (χ1) is 8.58. The fourth-order valence-electron chi connectivity index (χ4n) is 1.45. The van der Waals surface area contributed by atoms with Gasteiger partial charge in [0.2, 0.25) is 0 Å². The van der Waals surface area contributed by atoms with E-state index in [1.165, 1.54) is 0 Å². The summed E-state index contributed by atoms with van der Waals surface area (Å²) in [7, 11) is 0. The smallest absolute Gasteiger partial charge is 0.141 e. The number of nitrogens with two attached hydrogens (primary N) is 2. The van der Waals surface area contributed by atoms with Crippen LogP contribution in [0.5, 0.6) is 0 Å². The summed E-state index contributed by atoms with van der Waals surface area (Å²) in [6, 6.07) is 10.3. The van der Waals surface area contributed by atoms with Crippen LogP contribution < -0.4 is 11.5 Å². The van der Waals surface area contributed by atoms with Gasteiger partial charge in [0.05, 0.1) is 11.4 Å². The van der Waals surface area contributed by atoms with Crippen LogP contribution in [0, 0.1) is 10.8 Å². The van der Waals surface area contributed by atoms with E-state index in [0.29, 0.717) is 22.8 Å². The van der Waals surface area contributed by atoms with Crippen molar-refractivity contribution >= 4 is 36.5 Å². The zero-order valence-corrected chi connectivity index (χ0v) is 12.0. The van der Waals surface area contributed by atoms with Crippen molar-refractivity contribution in [2.45, 2.75) is 0 Å². The highest BCUT2D eigenvalue weighted by Gasteiger charge is 2.06. The van der Waals surface area contributed by atoms with Crippen LogP contribution in [0.25, 0.3) is 11.4 Å². The van der Waals surface area contributed by atoms with E-state index in [2.05, 4.69) is 9.97 Å². The number of aromatic nitrogens is 2. The Kier molecular flexibility index (Phi) is 6.61. The number of halogens is 2. The van der Waals surface area contributed by atoms with E-state index in [1.54, 1.807) is 36.4 Å². The predicted molar refractivity (Wildman–Crippen MR) is 84.0 cm³/mol. The Morgan fingerprint density at radius 3 is 1.40 bits per heavy atom. The Morgan fingerprint density at radius 2 is 1.10 bits per heavy atom. The van der Waals surface area contributed by atoms with Crippen molar-refractivity contribution in [3.05, 3.63) is 47.8 Å². The van der Waals surface area contributed by atoms with Crippen LogP contribution in [-0.4, -0.2) is 21.6 Å². The highest BCUT2D eigenvalue weighted by Crippen LogP contribution is 2.14. The standard InChI is InChI=1S/C12H12N6.2ClH/c13-11(14)9-5-1-3-7(17-9)8-4-2-6-10(18-8)12(15)16;;/h1-6H,(H3,13,14)(H3,15,16);2*1H. The maximum atomic E-state index is 7.35. The summed E-state index contributed by atoms with van der Waals surface area (Å²) < 4.78 is 0. The highest BCUT2D eigenvalue weighted by molar-refractivity contribution is 5.94. The minimum absolute atomic E-state index is 0. The monoisotopic (exact) mass is 312 g/mol. The average molecular weight is 313 g/mol. The van der Waals surface area contributed by atoms with Gasteiger partial charge in [0.1, 0.15) is 23.1 Å². The maximum Gasteiger partial charge on any atom is 0.141 e. The highest BCUT2D eigenvalue weighted by atomic mass is 35.5. The molecule has 106 valence electrons. The molecule has 20 heavy (non-hydrogen) atoms. The van der Waals surface area contributed by atoms with E-state index in [9.17, 15) is 0 Å². The molecule has 0 bridgehead atoms. The van der Waals surface area contributed by atoms with Crippen molar-refractivity contribution in [2.75, 3.05) is 0 Å². The summed E-state index contributed by atoms with van der Waals surface area (Å²) in [5, 5.41) is 14.7. The molecule has 0 saturated heterocycles. The van der Waals surface area contributed by atoms with Gasteiger partial charge in [-0.25, -0.2) is 9.97 Å². The Morgan fingerprint density at radius 1 is 0.750 bits per heavy atom. The molecule has 0 aliphatic heterocycles. The SMILES string of the molecule is Cl.Cl.N=C(N)c1cccc(-c2cccc(C(=N)N)n2)n1. The molecule has 6 N–H and O–H groups in total. The van der Waals surface area contributed by atoms with E-state index in [1.807, 2.05) is 0 Å². The molecule has 0 fully saturated rings. The van der Waals surface area contributed by atoms with Gasteiger partial charge < -0.3 is 11.5 Å². The van der Waals surface area contributed by atoms with Gasteiger partial charge in [0, 0.05) is 0 Å². The number of nitrogens with one attached hydrogen (secondary N) is 2. The summed E-state index contributed by atoms with van der Waals surface area (Å²) in [4.78, 5) is 8.44. The van der Waals surface area contributed by atoms with E-state index in [-0.39, 0.29) is 36.5 Å². The lowest BCUT2D eigenvalue weighted by Gasteiger charge is -2.04. The van der Waals surface area contributed by atoms with Crippen molar-refractivity contribution in [2.24, 2.45) is 11.5 Å². The minimum atomic E-state index is -0.0976. The van der Waals surface area contributed by atoms with E-state index >= 15 is 0 Å². The molecule has 0 saturated carbocycles. The van der Waals surface area contributed by atoms with Crippen LogP contribution >= 0.6 is 24.8 Å². The molecule has 0 unspecified atom stereocenters. The quantitative estimate of drug-likeness (QED) is 0.506. The fraction of sp³-hybridized carbons (Fsp3) is 0. The van der Waals surface area contributed by atoms with Gasteiger partial charge in [-0.2, -0.15) is 0 Å². The number of amidine groups is 2. The zero-order chi connectivity index (χ0) is 13.1.